The molecule has 1 amide bonds. The molecule has 0 aromatic heterocycles. The quantitative estimate of drug-likeness (QED) is 0.857. The van der Waals surface area contributed by atoms with Gasteiger partial charge in [-0.15, -0.1) is 0 Å². The average Bonchev–Trinajstić information content (AvgIpc) is 2.53. The van der Waals surface area contributed by atoms with Crippen LogP contribution in [-0.2, 0) is 4.79 Å². The number of hydrogen-bond donors (Lipinski definition) is 2. The predicted molar refractivity (Wildman–Crippen MR) is 84.5 cm³/mol. The molecule has 110 valence electrons. The van der Waals surface area contributed by atoms with Crippen LogP contribution >= 0.6 is 0 Å². The fraction of sp³-hybridized carbons (Fsp3) is 0.235. The van der Waals surface area contributed by atoms with Gasteiger partial charge in [0.05, 0.1) is 13.7 Å². The fourth-order valence-corrected chi connectivity index (χ4v) is 1.98. The Balaban J connectivity index is 1.82. The van der Waals surface area contributed by atoms with Crippen molar-refractivity contribution in [1.82, 2.24) is 5.32 Å². The summed E-state index contributed by atoms with van der Waals surface area (Å²) in [5, 5.41) is 6.05. The van der Waals surface area contributed by atoms with Crippen LogP contribution in [0.5, 0.6) is 5.75 Å². The van der Waals surface area contributed by atoms with Gasteiger partial charge in [-0.25, -0.2) is 0 Å². The summed E-state index contributed by atoms with van der Waals surface area (Å²) in [6.07, 6.45) is 0. The van der Waals surface area contributed by atoms with Crippen LogP contribution in [0.3, 0.4) is 0 Å². The van der Waals surface area contributed by atoms with Gasteiger partial charge in [-0.3, -0.25) is 4.79 Å². The summed E-state index contributed by atoms with van der Waals surface area (Å²) in [4.78, 5) is 11.9. The maximum absolute atomic E-state index is 11.9. The van der Waals surface area contributed by atoms with Gasteiger partial charge >= 0.3 is 0 Å². The van der Waals surface area contributed by atoms with Crippen LogP contribution in [0.1, 0.15) is 18.5 Å². The van der Waals surface area contributed by atoms with E-state index in [0.717, 1.165) is 17.0 Å². The lowest BCUT2D eigenvalue weighted by molar-refractivity contribution is -0.115. The second-order valence-corrected chi connectivity index (χ2v) is 4.79. The molecule has 2 N–H and O–H groups in total. The molecule has 0 heterocycles. The van der Waals surface area contributed by atoms with Gasteiger partial charge in [0.1, 0.15) is 5.75 Å². The normalized spacial score (nSPS) is 11.7. The van der Waals surface area contributed by atoms with E-state index in [1.807, 2.05) is 61.5 Å². The summed E-state index contributed by atoms with van der Waals surface area (Å²) < 4.78 is 5.13. The summed E-state index contributed by atoms with van der Waals surface area (Å²) in [5.41, 5.74) is 1.92. The van der Waals surface area contributed by atoms with E-state index in [2.05, 4.69) is 10.6 Å². The van der Waals surface area contributed by atoms with Crippen LogP contribution in [-0.4, -0.2) is 19.6 Å². The van der Waals surface area contributed by atoms with Gasteiger partial charge in [0.2, 0.25) is 5.91 Å². The molecule has 4 nitrogen and oxygen atoms in total. The number of carbonyl (C=O) groups is 1. The van der Waals surface area contributed by atoms with E-state index in [9.17, 15) is 4.79 Å². The molecule has 2 rings (SSSR count). The third-order valence-electron chi connectivity index (χ3n) is 3.24. The van der Waals surface area contributed by atoms with Crippen LogP contribution in [0.4, 0.5) is 5.69 Å². The van der Waals surface area contributed by atoms with Gasteiger partial charge in [0.25, 0.3) is 0 Å². The number of carbonyl (C=O) groups excluding carboxylic acids is 1. The minimum Gasteiger partial charge on any atom is -0.497 e. The second kappa shape index (κ2) is 7.45. The summed E-state index contributed by atoms with van der Waals surface area (Å²) in [7, 11) is 1.64. The Morgan fingerprint density at radius 2 is 1.76 bits per heavy atom. The molecule has 4 heteroatoms. The highest BCUT2D eigenvalue weighted by Crippen LogP contribution is 2.17. The lowest BCUT2D eigenvalue weighted by Crippen LogP contribution is -2.30. The van der Waals surface area contributed by atoms with Crippen molar-refractivity contribution in [3.05, 3.63) is 60.2 Å². The lowest BCUT2D eigenvalue weighted by atomic mass is 10.1. The van der Waals surface area contributed by atoms with Gasteiger partial charge in [-0.2, -0.15) is 0 Å². The number of nitrogens with one attached hydrogen (secondary N) is 2. The first-order valence-electron chi connectivity index (χ1n) is 6.91. The molecule has 0 aliphatic carbocycles. The van der Waals surface area contributed by atoms with Crippen molar-refractivity contribution in [2.45, 2.75) is 13.0 Å². The van der Waals surface area contributed by atoms with Crippen LogP contribution in [0.2, 0.25) is 0 Å². The smallest absolute Gasteiger partial charge is 0.238 e. The number of amides is 1. The van der Waals surface area contributed by atoms with Crippen LogP contribution in [0, 0.1) is 0 Å². The van der Waals surface area contributed by atoms with Gasteiger partial charge in [0.15, 0.2) is 0 Å². The Morgan fingerprint density at radius 1 is 1.10 bits per heavy atom. The molecule has 1 unspecified atom stereocenters. The Morgan fingerprint density at radius 3 is 2.38 bits per heavy atom. The Labute approximate surface area is 125 Å². The number of hydrogen-bond acceptors (Lipinski definition) is 3. The summed E-state index contributed by atoms with van der Waals surface area (Å²) in [6, 6.07) is 17.3. The SMILES string of the molecule is COc1ccc(C(C)NCC(=O)Nc2ccccc2)cc1. The Bertz CT molecular complexity index is 567. The number of para-hydroxylation sites is 1. The molecule has 2 aromatic rings. The van der Waals surface area contributed by atoms with Gasteiger partial charge in [0, 0.05) is 11.7 Å². The number of anilines is 1. The molecule has 0 fully saturated rings. The van der Waals surface area contributed by atoms with Crippen LogP contribution < -0.4 is 15.4 Å². The Kier molecular flexibility index (Phi) is 5.35. The number of methoxy groups -OCH3 is 1. The predicted octanol–water partition coefficient (Wildman–Crippen LogP) is 2.98. The Hall–Kier alpha value is -2.33. The largest absolute Gasteiger partial charge is 0.497 e. The van der Waals surface area contributed by atoms with Crippen LogP contribution in [0.25, 0.3) is 0 Å². The molecule has 2 aromatic carbocycles. The van der Waals surface area contributed by atoms with E-state index in [-0.39, 0.29) is 18.5 Å². The third-order valence-corrected chi connectivity index (χ3v) is 3.24. The first-order valence-corrected chi connectivity index (χ1v) is 6.91. The number of benzene rings is 2. The molecule has 0 aliphatic rings. The molecule has 0 bridgehead atoms. The van der Waals surface area contributed by atoms with Crippen molar-refractivity contribution in [3.8, 4) is 5.75 Å². The fourth-order valence-electron chi connectivity index (χ4n) is 1.98. The molecule has 0 spiro atoms. The maximum atomic E-state index is 11.9. The van der Waals surface area contributed by atoms with Gasteiger partial charge in [-0.05, 0) is 36.8 Å². The second-order valence-electron chi connectivity index (χ2n) is 4.79. The molecular weight excluding hydrogens is 264 g/mol. The lowest BCUT2D eigenvalue weighted by Gasteiger charge is -2.14. The molecule has 0 saturated carbocycles. The van der Waals surface area contributed by atoms with E-state index >= 15 is 0 Å². The zero-order valence-corrected chi connectivity index (χ0v) is 12.3. The van der Waals surface area contributed by atoms with Crippen LogP contribution in [0.15, 0.2) is 54.6 Å². The van der Waals surface area contributed by atoms with E-state index in [0.29, 0.717) is 0 Å². The van der Waals surface area contributed by atoms with Crippen molar-refractivity contribution < 1.29 is 9.53 Å². The van der Waals surface area contributed by atoms with Crippen molar-refractivity contribution in [1.29, 1.82) is 0 Å². The van der Waals surface area contributed by atoms with E-state index in [1.165, 1.54) is 0 Å². The first-order chi connectivity index (χ1) is 10.2. The van der Waals surface area contributed by atoms with Crippen molar-refractivity contribution >= 4 is 11.6 Å². The minimum absolute atomic E-state index is 0.0541. The summed E-state index contributed by atoms with van der Waals surface area (Å²) in [5.74, 6) is 0.773. The minimum atomic E-state index is -0.0541. The monoisotopic (exact) mass is 284 g/mol. The average molecular weight is 284 g/mol. The summed E-state index contributed by atoms with van der Waals surface area (Å²) >= 11 is 0. The standard InChI is InChI=1S/C17H20N2O2/c1-13(14-8-10-16(21-2)11-9-14)18-12-17(20)19-15-6-4-3-5-7-15/h3-11,13,18H,12H2,1-2H3,(H,19,20). The molecule has 21 heavy (non-hydrogen) atoms. The third kappa shape index (κ3) is 4.61. The van der Waals surface area contributed by atoms with Crippen molar-refractivity contribution in [2.75, 3.05) is 19.0 Å². The molecule has 0 aliphatic heterocycles. The molecule has 1 atom stereocenters. The highest BCUT2D eigenvalue weighted by Gasteiger charge is 2.08. The van der Waals surface area contributed by atoms with E-state index < -0.39 is 0 Å². The van der Waals surface area contributed by atoms with Gasteiger partial charge < -0.3 is 15.4 Å². The highest BCUT2D eigenvalue weighted by molar-refractivity contribution is 5.92. The van der Waals surface area contributed by atoms with Crippen molar-refractivity contribution in [2.24, 2.45) is 0 Å². The molecule has 0 radical (unpaired) electrons. The van der Waals surface area contributed by atoms with E-state index in [1.54, 1.807) is 7.11 Å². The van der Waals surface area contributed by atoms with Gasteiger partial charge in [-0.1, -0.05) is 30.3 Å². The maximum Gasteiger partial charge on any atom is 0.238 e. The molecule has 0 saturated heterocycles. The molecular formula is C17H20N2O2. The zero-order valence-electron chi connectivity index (χ0n) is 12.3. The van der Waals surface area contributed by atoms with Crippen molar-refractivity contribution in [3.63, 3.8) is 0 Å². The summed E-state index contributed by atoms with van der Waals surface area (Å²) in [6.45, 7) is 2.29. The zero-order chi connectivity index (χ0) is 15.1. The van der Waals surface area contributed by atoms with E-state index in [4.69, 9.17) is 4.74 Å². The highest BCUT2D eigenvalue weighted by atomic mass is 16.5. The number of rotatable bonds is 6. The first kappa shape index (κ1) is 15.1. The number of ether oxygens (including phenoxy) is 1. The topological polar surface area (TPSA) is 50.4 Å².